The number of benzene rings is 2. The van der Waals surface area contributed by atoms with Crippen molar-refractivity contribution in [3.05, 3.63) is 59.9 Å². The maximum absolute atomic E-state index is 13.5. The van der Waals surface area contributed by atoms with Crippen molar-refractivity contribution in [2.45, 2.75) is 0 Å². The van der Waals surface area contributed by atoms with Crippen LogP contribution in [0.5, 0.6) is 5.75 Å². The molecule has 2 aromatic rings. The molecular weight excluding hydrogens is 273 g/mol. The molecule has 6 heteroatoms. The Morgan fingerprint density at radius 1 is 1.14 bits per heavy atom. The van der Waals surface area contributed by atoms with Crippen molar-refractivity contribution in [3.63, 3.8) is 0 Å². The molecule has 1 amide bonds. The van der Waals surface area contributed by atoms with Gasteiger partial charge in [-0.05, 0) is 24.3 Å². The molecule has 0 aliphatic heterocycles. The summed E-state index contributed by atoms with van der Waals surface area (Å²) in [6, 6.07) is 13.4. The first-order valence-corrected chi connectivity index (χ1v) is 6.43. The monoisotopic (exact) mass is 289 g/mol. The molecule has 2 aromatic carbocycles. The van der Waals surface area contributed by atoms with Crippen molar-refractivity contribution in [1.29, 1.82) is 0 Å². The van der Waals surface area contributed by atoms with Crippen LogP contribution in [0, 0.1) is 5.82 Å². The summed E-state index contributed by atoms with van der Waals surface area (Å²) in [5, 5.41) is 2.64. The molecule has 0 fully saturated rings. The Balaban J connectivity index is 1.86. The van der Waals surface area contributed by atoms with Gasteiger partial charge in [0.15, 0.2) is 0 Å². The number of rotatable bonds is 6. The molecule has 0 saturated carbocycles. The lowest BCUT2D eigenvalue weighted by molar-refractivity contribution is 0.0947. The van der Waals surface area contributed by atoms with Crippen molar-refractivity contribution < 1.29 is 13.9 Å². The van der Waals surface area contributed by atoms with Gasteiger partial charge in [-0.1, -0.05) is 24.3 Å². The van der Waals surface area contributed by atoms with E-state index in [1.807, 2.05) is 30.3 Å². The van der Waals surface area contributed by atoms with Crippen LogP contribution < -0.4 is 21.3 Å². The molecule has 0 atom stereocenters. The van der Waals surface area contributed by atoms with Crippen LogP contribution in [-0.4, -0.2) is 19.1 Å². The van der Waals surface area contributed by atoms with Crippen molar-refractivity contribution in [2.24, 2.45) is 5.84 Å². The average Bonchev–Trinajstić information content (AvgIpc) is 2.52. The van der Waals surface area contributed by atoms with Crippen molar-refractivity contribution in [1.82, 2.24) is 5.32 Å². The number of hydrazine groups is 1. The minimum atomic E-state index is -0.578. The Morgan fingerprint density at radius 2 is 1.90 bits per heavy atom. The minimum Gasteiger partial charge on any atom is -0.492 e. The smallest absolute Gasteiger partial charge is 0.253 e. The highest BCUT2D eigenvalue weighted by molar-refractivity contribution is 5.99. The van der Waals surface area contributed by atoms with Gasteiger partial charge in [0.05, 0.1) is 17.8 Å². The fourth-order valence-electron chi connectivity index (χ4n) is 1.81. The first kappa shape index (κ1) is 14.8. The van der Waals surface area contributed by atoms with Crippen LogP contribution >= 0.6 is 0 Å². The Morgan fingerprint density at radius 3 is 2.62 bits per heavy atom. The second-order valence-corrected chi connectivity index (χ2v) is 4.22. The maximum atomic E-state index is 13.5. The zero-order chi connectivity index (χ0) is 15.1. The summed E-state index contributed by atoms with van der Waals surface area (Å²) in [5.41, 5.74) is 2.32. The number of amides is 1. The molecule has 0 aliphatic carbocycles. The van der Waals surface area contributed by atoms with Crippen LogP contribution in [0.25, 0.3) is 0 Å². The summed E-state index contributed by atoms with van der Waals surface area (Å²) in [6.07, 6.45) is 0. The normalized spacial score (nSPS) is 10.0. The number of nitrogens with two attached hydrogens (primary N) is 1. The molecule has 21 heavy (non-hydrogen) atoms. The quantitative estimate of drug-likeness (QED) is 0.431. The summed E-state index contributed by atoms with van der Waals surface area (Å²) in [7, 11) is 0. The molecule has 0 aliphatic rings. The van der Waals surface area contributed by atoms with E-state index in [9.17, 15) is 9.18 Å². The van der Waals surface area contributed by atoms with Gasteiger partial charge in [-0.25, -0.2) is 4.39 Å². The third-order valence-corrected chi connectivity index (χ3v) is 2.80. The maximum Gasteiger partial charge on any atom is 0.253 e. The van der Waals surface area contributed by atoms with E-state index in [0.717, 1.165) is 5.75 Å². The van der Waals surface area contributed by atoms with E-state index >= 15 is 0 Å². The molecule has 0 spiro atoms. The topological polar surface area (TPSA) is 76.4 Å². The highest BCUT2D eigenvalue weighted by atomic mass is 19.1. The van der Waals surface area contributed by atoms with Crippen LogP contribution in [-0.2, 0) is 0 Å². The molecule has 110 valence electrons. The standard InChI is InChI=1S/C15H16FN3O2/c16-13-8-4-7-12(14(13)19-17)15(20)18-9-10-21-11-5-2-1-3-6-11/h1-8,19H,9-10,17H2,(H,18,20). The van der Waals surface area contributed by atoms with E-state index in [0.29, 0.717) is 13.2 Å². The van der Waals surface area contributed by atoms with Gasteiger partial charge in [-0.2, -0.15) is 0 Å². The first-order chi connectivity index (χ1) is 10.2. The molecule has 5 nitrogen and oxygen atoms in total. The van der Waals surface area contributed by atoms with Crippen LogP contribution in [0.3, 0.4) is 0 Å². The molecule has 0 bridgehead atoms. The number of para-hydroxylation sites is 2. The SMILES string of the molecule is NNc1c(F)cccc1C(=O)NCCOc1ccccc1. The van der Waals surface area contributed by atoms with E-state index in [4.69, 9.17) is 10.6 Å². The van der Waals surface area contributed by atoms with Gasteiger partial charge < -0.3 is 15.5 Å². The number of halogens is 1. The lowest BCUT2D eigenvalue weighted by Crippen LogP contribution is -2.29. The van der Waals surface area contributed by atoms with Gasteiger partial charge in [0.2, 0.25) is 0 Å². The number of ether oxygens (including phenoxy) is 1. The Labute approximate surface area is 121 Å². The van der Waals surface area contributed by atoms with Crippen molar-refractivity contribution in [3.8, 4) is 5.75 Å². The largest absolute Gasteiger partial charge is 0.492 e. The fraction of sp³-hybridized carbons (Fsp3) is 0.133. The highest BCUT2D eigenvalue weighted by Gasteiger charge is 2.13. The molecule has 0 saturated heterocycles. The van der Waals surface area contributed by atoms with Gasteiger partial charge in [0, 0.05) is 0 Å². The minimum absolute atomic E-state index is 0.0287. The van der Waals surface area contributed by atoms with Crippen LogP contribution in [0.15, 0.2) is 48.5 Å². The Hall–Kier alpha value is -2.60. The number of carbonyl (C=O) groups excluding carboxylic acids is 1. The molecule has 0 radical (unpaired) electrons. The average molecular weight is 289 g/mol. The summed E-state index contributed by atoms with van der Waals surface area (Å²) in [4.78, 5) is 12.0. The predicted molar refractivity (Wildman–Crippen MR) is 78.5 cm³/mol. The van der Waals surface area contributed by atoms with E-state index in [-0.39, 0.29) is 11.3 Å². The molecule has 0 aromatic heterocycles. The number of nitrogen functional groups attached to an aromatic ring is 1. The Kier molecular flexibility index (Phi) is 5.11. The van der Waals surface area contributed by atoms with E-state index in [1.54, 1.807) is 0 Å². The fourth-order valence-corrected chi connectivity index (χ4v) is 1.81. The number of hydrogen-bond donors (Lipinski definition) is 3. The molecule has 0 heterocycles. The van der Waals surface area contributed by atoms with Crippen LogP contribution in [0.2, 0.25) is 0 Å². The third-order valence-electron chi connectivity index (χ3n) is 2.80. The van der Waals surface area contributed by atoms with Crippen LogP contribution in [0.1, 0.15) is 10.4 Å². The van der Waals surface area contributed by atoms with E-state index in [2.05, 4.69) is 10.7 Å². The summed E-state index contributed by atoms with van der Waals surface area (Å²) in [5.74, 6) is 4.95. The zero-order valence-electron chi connectivity index (χ0n) is 11.3. The van der Waals surface area contributed by atoms with Crippen molar-refractivity contribution >= 4 is 11.6 Å². The first-order valence-electron chi connectivity index (χ1n) is 6.43. The summed E-state index contributed by atoms with van der Waals surface area (Å²) >= 11 is 0. The number of nitrogens with one attached hydrogen (secondary N) is 2. The highest BCUT2D eigenvalue weighted by Crippen LogP contribution is 2.18. The second kappa shape index (κ2) is 7.25. The van der Waals surface area contributed by atoms with E-state index < -0.39 is 11.7 Å². The zero-order valence-corrected chi connectivity index (χ0v) is 11.3. The molecular formula is C15H16FN3O2. The van der Waals surface area contributed by atoms with Gasteiger partial charge in [-0.15, -0.1) is 0 Å². The second-order valence-electron chi connectivity index (χ2n) is 4.22. The van der Waals surface area contributed by atoms with Crippen molar-refractivity contribution in [2.75, 3.05) is 18.6 Å². The number of carbonyl (C=O) groups is 1. The molecule has 2 rings (SSSR count). The predicted octanol–water partition coefficient (Wildman–Crippen LogP) is 1.92. The van der Waals surface area contributed by atoms with Gasteiger partial charge in [0.25, 0.3) is 5.91 Å². The molecule has 0 unspecified atom stereocenters. The Bertz CT molecular complexity index is 605. The summed E-state index contributed by atoms with van der Waals surface area (Å²) in [6.45, 7) is 0.616. The van der Waals surface area contributed by atoms with E-state index in [1.165, 1.54) is 18.2 Å². The van der Waals surface area contributed by atoms with Gasteiger partial charge in [-0.3, -0.25) is 10.6 Å². The molecule has 4 N–H and O–H groups in total. The van der Waals surface area contributed by atoms with Gasteiger partial charge >= 0.3 is 0 Å². The number of anilines is 1. The van der Waals surface area contributed by atoms with Crippen LogP contribution in [0.4, 0.5) is 10.1 Å². The lowest BCUT2D eigenvalue weighted by Gasteiger charge is -2.11. The lowest BCUT2D eigenvalue weighted by atomic mass is 10.1. The number of hydrogen-bond acceptors (Lipinski definition) is 4. The van der Waals surface area contributed by atoms with Gasteiger partial charge in [0.1, 0.15) is 18.2 Å². The third kappa shape index (κ3) is 3.93. The summed E-state index contributed by atoms with van der Waals surface area (Å²) < 4.78 is 18.9.